The molecule has 3 rings (SSSR count). The third-order valence-electron chi connectivity index (χ3n) is 5.41. The second-order valence-corrected chi connectivity index (χ2v) is 8.81. The summed E-state index contributed by atoms with van der Waals surface area (Å²) in [6.07, 6.45) is 1.06. The predicted molar refractivity (Wildman–Crippen MR) is 125 cm³/mol. The van der Waals surface area contributed by atoms with Gasteiger partial charge in [0.1, 0.15) is 33.5 Å². The van der Waals surface area contributed by atoms with E-state index in [0.29, 0.717) is 32.0 Å². The SMILES string of the molecule is CN=C(C(C=N)NC(=O)c1nc(-c2c(F)cccc2F)sc1N)N1CCNCC(C)(OC)C1. The number of carbonyl (C=O) groups excluding carboxylic acids is 1. The first kappa shape index (κ1) is 24.7. The lowest BCUT2D eigenvalue weighted by atomic mass is 10.1. The number of benzene rings is 1. The molecule has 12 heteroatoms. The molecule has 178 valence electrons. The molecule has 0 radical (unpaired) electrons. The van der Waals surface area contributed by atoms with Crippen molar-refractivity contribution in [2.75, 3.05) is 46.1 Å². The van der Waals surface area contributed by atoms with Gasteiger partial charge in [0.2, 0.25) is 0 Å². The summed E-state index contributed by atoms with van der Waals surface area (Å²) in [5.41, 5.74) is 4.95. The first-order valence-electron chi connectivity index (χ1n) is 10.2. The van der Waals surface area contributed by atoms with Crippen molar-refractivity contribution in [3.63, 3.8) is 0 Å². The van der Waals surface area contributed by atoms with E-state index in [1.54, 1.807) is 14.2 Å². The molecule has 0 bridgehead atoms. The largest absolute Gasteiger partial charge is 0.389 e. The Morgan fingerprint density at radius 2 is 2.18 bits per heavy atom. The monoisotopic (exact) mass is 479 g/mol. The minimum absolute atomic E-state index is 0.00908. The number of ether oxygens (including phenoxy) is 1. The normalized spacial score (nSPS) is 20.3. The molecule has 1 amide bonds. The van der Waals surface area contributed by atoms with Crippen LogP contribution in [-0.4, -0.2) is 79.8 Å². The number of hydrogen-bond donors (Lipinski definition) is 4. The zero-order valence-electron chi connectivity index (χ0n) is 18.6. The topological polar surface area (TPSA) is 129 Å². The maximum Gasteiger partial charge on any atom is 0.273 e. The van der Waals surface area contributed by atoms with Crippen LogP contribution in [0.3, 0.4) is 0 Å². The van der Waals surface area contributed by atoms with E-state index < -0.39 is 29.2 Å². The third kappa shape index (κ3) is 5.34. The second kappa shape index (κ2) is 10.3. The fraction of sp³-hybridized carbons (Fsp3) is 0.429. The van der Waals surface area contributed by atoms with Crippen LogP contribution < -0.4 is 16.4 Å². The Balaban J connectivity index is 1.83. The van der Waals surface area contributed by atoms with Crippen LogP contribution in [0.15, 0.2) is 23.2 Å². The Bertz CT molecular complexity index is 1040. The Morgan fingerprint density at radius 3 is 2.79 bits per heavy atom. The van der Waals surface area contributed by atoms with Gasteiger partial charge in [-0.2, -0.15) is 0 Å². The Morgan fingerprint density at radius 1 is 1.48 bits per heavy atom. The number of nitrogens with zero attached hydrogens (tertiary/aromatic N) is 3. The van der Waals surface area contributed by atoms with Gasteiger partial charge in [-0.15, -0.1) is 0 Å². The number of anilines is 1. The number of thiazole rings is 1. The zero-order valence-corrected chi connectivity index (χ0v) is 19.4. The van der Waals surface area contributed by atoms with Gasteiger partial charge in [-0.3, -0.25) is 9.79 Å². The van der Waals surface area contributed by atoms with Gasteiger partial charge in [0.05, 0.1) is 11.2 Å². The summed E-state index contributed by atoms with van der Waals surface area (Å²) in [6.45, 7) is 4.37. The van der Waals surface area contributed by atoms with Crippen LogP contribution in [0.4, 0.5) is 13.8 Å². The highest BCUT2D eigenvalue weighted by molar-refractivity contribution is 7.19. The lowest BCUT2D eigenvalue weighted by Crippen LogP contribution is -2.54. The number of methoxy groups -OCH3 is 1. The Labute approximate surface area is 194 Å². The summed E-state index contributed by atoms with van der Waals surface area (Å²) in [5, 5.41) is 13.8. The number of aliphatic imine (C=N–C) groups is 1. The van der Waals surface area contributed by atoms with Crippen LogP contribution in [-0.2, 0) is 4.74 Å². The Hall–Kier alpha value is -2.96. The average Bonchev–Trinajstić information content (AvgIpc) is 3.05. The molecular formula is C21H27F2N7O2S. The maximum absolute atomic E-state index is 14.1. The molecule has 1 aromatic heterocycles. The molecule has 0 spiro atoms. The number of hydrogen-bond acceptors (Lipinski definition) is 8. The number of aromatic nitrogens is 1. The third-order valence-corrected chi connectivity index (χ3v) is 6.31. The van der Waals surface area contributed by atoms with Crippen molar-refractivity contribution in [3.05, 3.63) is 35.5 Å². The van der Waals surface area contributed by atoms with E-state index in [9.17, 15) is 13.6 Å². The second-order valence-electron chi connectivity index (χ2n) is 7.78. The fourth-order valence-corrected chi connectivity index (χ4v) is 4.49. The van der Waals surface area contributed by atoms with Gasteiger partial charge in [-0.05, 0) is 19.1 Å². The highest BCUT2D eigenvalue weighted by Gasteiger charge is 2.33. The number of halogens is 2. The molecule has 5 N–H and O–H groups in total. The van der Waals surface area contributed by atoms with Crippen LogP contribution in [0.25, 0.3) is 10.6 Å². The number of nitrogen functional groups attached to an aromatic ring is 1. The van der Waals surface area contributed by atoms with Crippen LogP contribution in [0.5, 0.6) is 0 Å². The van der Waals surface area contributed by atoms with Crippen LogP contribution >= 0.6 is 11.3 Å². The van der Waals surface area contributed by atoms with E-state index in [0.717, 1.165) is 29.7 Å². The molecule has 1 aromatic carbocycles. The van der Waals surface area contributed by atoms with Gasteiger partial charge in [0, 0.05) is 46.6 Å². The molecule has 0 aliphatic carbocycles. The molecule has 1 aliphatic heterocycles. The summed E-state index contributed by atoms with van der Waals surface area (Å²) < 4.78 is 33.9. The van der Waals surface area contributed by atoms with Crippen molar-refractivity contribution < 1.29 is 18.3 Å². The highest BCUT2D eigenvalue weighted by atomic mass is 32.1. The standard InChI is InChI=1S/C21H27F2N7O2S/c1-21(32-3)10-27-7-8-30(11-21)18(26-2)14(9-24)28-19(31)16-17(25)33-20(29-16)15-12(22)5-4-6-13(15)23/h4-6,9,14,24,27H,7-8,10-11,25H2,1-3H3,(H,28,31). The predicted octanol–water partition coefficient (Wildman–Crippen LogP) is 1.76. The lowest BCUT2D eigenvalue weighted by molar-refractivity contribution is -0.000228. The van der Waals surface area contributed by atoms with Crippen molar-refractivity contribution >= 4 is 34.3 Å². The molecule has 2 unspecified atom stereocenters. The molecule has 2 heterocycles. The maximum atomic E-state index is 14.1. The van der Waals surface area contributed by atoms with E-state index >= 15 is 0 Å². The number of carbonyl (C=O) groups is 1. The van der Waals surface area contributed by atoms with Gasteiger partial charge in [-0.25, -0.2) is 13.8 Å². The van der Waals surface area contributed by atoms with Crippen molar-refractivity contribution in [2.45, 2.75) is 18.6 Å². The number of rotatable bonds is 6. The number of amidine groups is 1. The molecule has 1 saturated heterocycles. The molecule has 2 atom stereocenters. The number of amides is 1. The molecule has 0 saturated carbocycles. The first-order chi connectivity index (χ1) is 15.7. The molecule has 2 aromatic rings. The minimum atomic E-state index is -0.864. The molecular weight excluding hydrogens is 452 g/mol. The Kier molecular flexibility index (Phi) is 7.72. The molecule has 33 heavy (non-hydrogen) atoms. The number of nitrogens with one attached hydrogen (secondary N) is 3. The van der Waals surface area contributed by atoms with Crippen LogP contribution in [0.2, 0.25) is 0 Å². The van der Waals surface area contributed by atoms with Gasteiger partial charge < -0.3 is 31.4 Å². The van der Waals surface area contributed by atoms with E-state index in [2.05, 4.69) is 20.6 Å². The van der Waals surface area contributed by atoms with Crippen LogP contribution in [0, 0.1) is 17.0 Å². The fourth-order valence-electron chi connectivity index (χ4n) is 3.61. The van der Waals surface area contributed by atoms with Crippen molar-refractivity contribution in [3.8, 4) is 10.6 Å². The summed E-state index contributed by atoms with van der Waals surface area (Å²) in [6, 6.07) is 2.59. The summed E-state index contributed by atoms with van der Waals surface area (Å²) in [7, 11) is 3.21. The summed E-state index contributed by atoms with van der Waals surface area (Å²) in [4.78, 5) is 23.3. The first-order valence-corrected chi connectivity index (χ1v) is 11.0. The highest BCUT2D eigenvalue weighted by Crippen LogP contribution is 2.33. The quantitative estimate of drug-likeness (QED) is 0.369. The summed E-state index contributed by atoms with van der Waals surface area (Å²) >= 11 is 0.810. The van der Waals surface area contributed by atoms with Crippen LogP contribution in [0.1, 0.15) is 17.4 Å². The van der Waals surface area contributed by atoms with Gasteiger partial charge in [0.15, 0.2) is 5.69 Å². The lowest BCUT2D eigenvalue weighted by Gasteiger charge is -2.34. The van der Waals surface area contributed by atoms with Crippen molar-refractivity contribution in [1.82, 2.24) is 20.5 Å². The van der Waals surface area contributed by atoms with Crippen molar-refractivity contribution in [2.24, 2.45) is 4.99 Å². The van der Waals surface area contributed by atoms with E-state index in [1.807, 2.05) is 11.8 Å². The van der Waals surface area contributed by atoms with Crippen molar-refractivity contribution in [1.29, 1.82) is 5.41 Å². The van der Waals surface area contributed by atoms with E-state index in [4.69, 9.17) is 15.9 Å². The average molecular weight is 480 g/mol. The summed E-state index contributed by atoms with van der Waals surface area (Å²) in [5.74, 6) is -1.81. The molecule has 1 fully saturated rings. The minimum Gasteiger partial charge on any atom is -0.389 e. The van der Waals surface area contributed by atoms with Gasteiger partial charge in [0.25, 0.3) is 5.91 Å². The van der Waals surface area contributed by atoms with Gasteiger partial charge >= 0.3 is 0 Å². The smallest absolute Gasteiger partial charge is 0.273 e. The number of nitrogens with two attached hydrogens (primary N) is 1. The molecule has 9 nitrogen and oxygen atoms in total. The molecule has 1 aliphatic rings. The van der Waals surface area contributed by atoms with E-state index in [-0.39, 0.29) is 21.3 Å². The van der Waals surface area contributed by atoms with E-state index in [1.165, 1.54) is 6.07 Å². The van der Waals surface area contributed by atoms with Gasteiger partial charge in [-0.1, -0.05) is 17.4 Å². The zero-order chi connectivity index (χ0) is 24.2.